The van der Waals surface area contributed by atoms with E-state index in [1.165, 1.54) is 0 Å². The van der Waals surface area contributed by atoms with Gasteiger partial charge in [-0.3, -0.25) is 4.57 Å². The van der Waals surface area contributed by atoms with Crippen molar-refractivity contribution >= 4 is 5.82 Å². The summed E-state index contributed by atoms with van der Waals surface area (Å²) in [5.74, 6) is 2.54. The number of aryl methyl sites for hydroxylation is 1. The predicted molar refractivity (Wildman–Crippen MR) is 62.7 cm³/mol. The Kier molecular flexibility index (Phi) is 3.14. The highest BCUT2D eigenvalue weighted by Crippen LogP contribution is 2.11. The summed E-state index contributed by atoms with van der Waals surface area (Å²) >= 11 is 0. The van der Waals surface area contributed by atoms with Crippen LogP contribution in [-0.2, 0) is 6.42 Å². The molecule has 0 aromatic carbocycles. The van der Waals surface area contributed by atoms with Gasteiger partial charge in [-0.1, -0.05) is 6.92 Å². The van der Waals surface area contributed by atoms with Crippen molar-refractivity contribution in [1.82, 2.24) is 19.5 Å². The molecule has 2 rings (SSSR count). The number of hydrogen-bond acceptors (Lipinski definition) is 4. The second-order valence-electron chi connectivity index (χ2n) is 3.38. The molecule has 5 heteroatoms. The van der Waals surface area contributed by atoms with E-state index < -0.39 is 0 Å². The molecule has 0 atom stereocenters. The van der Waals surface area contributed by atoms with E-state index in [1.807, 2.05) is 30.7 Å². The SMILES string of the molecule is CCNc1cc(-n2ccnc2)nc(CC)n1. The number of rotatable bonds is 4. The lowest BCUT2D eigenvalue weighted by Gasteiger charge is -2.08. The molecule has 0 spiro atoms. The van der Waals surface area contributed by atoms with Crippen molar-refractivity contribution in [3.05, 3.63) is 30.6 Å². The monoisotopic (exact) mass is 217 g/mol. The van der Waals surface area contributed by atoms with Crippen LogP contribution in [0.4, 0.5) is 5.82 Å². The number of imidazole rings is 1. The molecule has 2 heterocycles. The third-order valence-corrected chi connectivity index (χ3v) is 2.20. The fraction of sp³-hybridized carbons (Fsp3) is 0.364. The molecule has 0 radical (unpaired) electrons. The molecule has 0 saturated heterocycles. The quantitative estimate of drug-likeness (QED) is 0.846. The molecule has 2 aromatic rings. The molecular formula is C11H15N5. The van der Waals surface area contributed by atoms with E-state index >= 15 is 0 Å². The molecule has 0 saturated carbocycles. The molecule has 0 aliphatic carbocycles. The van der Waals surface area contributed by atoms with Gasteiger partial charge in [0.2, 0.25) is 0 Å². The van der Waals surface area contributed by atoms with Crippen molar-refractivity contribution in [1.29, 1.82) is 0 Å². The summed E-state index contributed by atoms with van der Waals surface area (Å²) in [5.41, 5.74) is 0. The van der Waals surface area contributed by atoms with Gasteiger partial charge in [-0.05, 0) is 6.92 Å². The largest absolute Gasteiger partial charge is 0.370 e. The van der Waals surface area contributed by atoms with Gasteiger partial charge in [0.15, 0.2) is 0 Å². The molecule has 2 aromatic heterocycles. The first kappa shape index (κ1) is 10.6. The topological polar surface area (TPSA) is 55.6 Å². The molecule has 16 heavy (non-hydrogen) atoms. The summed E-state index contributed by atoms with van der Waals surface area (Å²) in [6.45, 7) is 4.94. The van der Waals surface area contributed by atoms with Crippen LogP contribution in [0, 0.1) is 0 Å². The Hall–Kier alpha value is -1.91. The van der Waals surface area contributed by atoms with E-state index in [0.717, 1.165) is 30.4 Å². The van der Waals surface area contributed by atoms with Crippen molar-refractivity contribution in [2.75, 3.05) is 11.9 Å². The van der Waals surface area contributed by atoms with Crippen LogP contribution in [0.2, 0.25) is 0 Å². The van der Waals surface area contributed by atoms with Gasteiger partial charge in [-0.2, -0.15) is 0 Å². The van der Waals surface area contributed by atoms with Gasteiger partial charge in [-0.15, -0.1) is 0 Å². The van der Waals surface area contributed by atoms with E-state index in [9.17, 15) is 0 Å². The zero-order valence-electron chi connectivity index (χ0n) is 9.51. The predicted octanol–water partition coefficient (Wildman–Crippen LogP) is 1.66. The molecule has 0 aliphatic heterocycles. The van der Waals surface area contributed by atoms with Crippen LogP contribution in [0.25, 0.3) is 5.82 Å². The number of aromatic nitrogens is 4. The second kappa shape index (κ2) is 4.74. The summed E-state index contributed by atoms with van der Waals surface area (Å²) in [6.07, 6.45) is 6.16. The summed E-state index contributed by atoms with van der Waals surface area (Å²) in [4.78, 5) is 12.9. The molecule has 0 fully saturated rings. The van der Waals surface area contributed by atoms with Gasteiger partial charge in [-0.25, -0.2) is 15.0 Å². The van der Waals surface area contributed by atoms with Gasteiger partial charge in [0, 0.05) is 31.4 Å². The maximum absolute atomic E-state index is 4.45. The van der Waals surface area contributed by atoms with Crippen molar-refractivity contribution in [3.63, 3.8) is 0 Å². The zero-order valence-corrected chi connectivity index (χ0v) is 9.51. The first-order valence-corrected chi connectivity index (χ1v) is 5.43. The van der Waals surface area contributed by atoms with Gasteiger partial charge in [0.25, 0.3) is 0 Å². The maximum atomic E-state index is 4.45. The standard InChI is InChI=1S/C11H15N5/c1-3-9-14-10(13-4-2)7-11(15-9)16-6-5-12-8-16/h5-8H,3-4H2,1-2H3,(H,13,14,15). The third-order valence-electron chi connectivity index (χ3n) is 2.20. The van der Waals surface area contributed by atoms with Crippen molar-refractivity contribution < 1.29 is 0 Å². The second-order valence-corrected chi connectivity index (χ2v) is 3.38. The number of anilines is 1. The van der Waals surface area contributed by atoms with E-state index in [1.54, 1.807) is 12.5 Å². The molecule has 0 unspecified atom stereocenters. The van der Waals surface area contributed by atoms with E-state index in [-0.39, 0.29) is 0 Å². The van der Waals surface area contributed by atoms with E-state index in [0.29, 0.717) is 0 Å². The lowest BCUT2D eigenvalue weighted by Crippen LogP contribution is -2.06. The van der Waals surface area contributed by atoms with Crippen LogP contribution in [0.3, 0.4) is 0 Å². The van der Waals surface area contributed by atoms with Crippen molar-refractivity contribution in [3.8, 4) is 5.82 Å². The average molecular weight is 217 g/mol. The molecule has 5 nitrogen and oxygen atoms in total. The van der Waals surface area contributed by atoms with E-state index in [4.69, 9.17) is 0 Å². The summed E-state index contributed by atoms with van der Waals surface area (Å²) < 4.78 is 1.88. The first-order valence-electron chi connectivity index (χ1n) is 5.43. The molecule has 0 aliphatic rings. The fourth-order valence-corrected chi connectivity index (χ4v) is 1.44. The molecular weight excluding hydrogens is 202 g/mol. The minimum Gasteiger partial charge on any atom is -0.370 e. The molecule has 0 bridgehead atoms. The van der Waals surface area contributed by atoms with Gasteiger partial charge >= 0.3 is 0 Å². The number of nitrogens with one attached hydrogen (secondary N) is 1. The van der Waals surface area contributed by atoms with E-state index in [2.05, 4.69) is 20.3 Å². The van der Waals surface area contributed by atoms with Gasteiger partial charge < -0.3 is 5.32 Å². The Bertz CT molecular complexity index is 449. The van der Waals surface area contributed by atoms with Gasteiger partial charge in [0.05, 0.1) is 0 Å². The Balaban J connectivity index is 2.41. The minimum absolute atomic E-state index is 0.820. The fourth-order valence-electron chi connectivity index (χ4n) is 1.44. The lowest BCUT2D eigenvalue weighted by atomic mass is 10.4. The van der Waals surface area contributed by atoms with Crippen LogP contribution >= 0.6 is 0 Å². The summed E-state index contributed by atoms with van der Waals surface area (Å²) in [6, 6.07) is 1.92. The zero-order chi connectivity index (χ0) is 11.4. The Morgan fingerprint density at radius 3 is 2.81 bits per heavy atom. The van der Waals surface area contributed by atoms with Crippen molar-refractivity contribution in [2.24, 2.45) is 0 Å². The Morgan fingerprint density at radius 1 is 1.31 bits per heavy atom. The average Bonchev–Trinajstić information content (AvgIpc) is 2.82. The smallest absolute Gasteiger partial charge is 0.143 e. The highest BCUT2D eigenvalue weighted by molar-refractivity contribution is 5.41. The van der Waals surface area contributed by atoms with Crippen LogP contribution < -0.4 is 5.32 Å². The van der Waals surface area contributed by atoms with Crippen LogP contribution in [-0.4, -0.2) is 26.1 Å². The Labute approximate surface area is 94.6 Å². The summed E-state index contributed by atoms with van der Waals surface area (Å²) in [5, 5.41) is 3.20. The molecule has 84 valence electrons. The Morgan fingerprint density at radius 2 is 2.19 bits per heavy atom. The highest BCUT2D eigenvalue weighted by atomic mass is 15.1. The number of hydrogen-bond donors (Lipinski definition) is 1. The molecule has 0 amide bonds. The third kappa shape index (κ3) is 2.18. The van der Waals surface area contributed by atoms with Crippen LogP contribution in [0.1, 0.15) is 19.7 Å². The normalized spacial score (nSPS) is 10.4. The van der Waals surface area contributed by atoms with Crippen molar-refractivity contribution in [2.45, 2.75) is 20.3 Å². The summed E-state index contributed by atoms with van der Waals surface area (Å²) in [7, 11) is 0. The van der Waals surface area contributed by atoms with Gasteiger partial charge in [0.1, 0.15) is 23.8 Å². The number of nitrogens with zero attached hydrogens (tertiary/aromatic N) is 4. The van der Waals surface area contributed by atoms with Crippen LogP contribution in [0.5, 0.6) is 0 Å². The lowest BCUT2D eigenvalue weighted by molar-refractivity contribution is 0.885. The van der Waals surface area contributed by atoms with Crippen LogP contribution in [0.15, 0.2) is 24.8 Å². The maximum Gasteiger partial charge on any atom is 0.143 e. The first-order chi connectivity index (χ1) is 7.83. The highest BCUT2D eigenvalue weighted by Gasteiger charge is 2.04. The minimum atomic E-state index is 0.820. The molecule has 1 N–H and O–H groups in total.